The summed E-state index contributed by atoms with van der Waals surface area (Å²) in [5.41, 5.74) is 0.118. The van der Waals surface area contributed by atoms with E-state index in [4.69, 9.17) is 13.8 Å². The lowest BCUT2D eigenvalue weighted by Crippen LogP contribution is -2.45. The molecule has 1 rings (SSSR count). The molecule has 1 atom stereocenters. The number of aromatic nitrogens is 1. The van der Waals surface area contributed by atoms with Crippen LogP contribution in [-0.2, 0) is 29.6 Å². The molecule has 1 heterocycles. The lowest BCUT2D eigenvalue weighted by Gasteiger charge is -2.23. The second kappa shape index (κ2) is 8.89. The smallest absolute Gasteiger partial charge is 0.408 e. The molecule has 0 radical (unpaired) electrons. The second-order valence-electron chi connectivity index (χ2n) is 6.39. The minimum atomic E-state index is -3.53. The molecular formula is C15H25N2O6PS. The lowest BCUT2D eigenvalue weighted by molar-refractivity contribution is -0.118. The molecule has 0 fully saturated rings. The summed E-state index contributed by atoms with van der Waals surface area (Å²) < 4.78 is 27.0. The molecule has 10 heteroatoms. The van der Waals surface area contributed by atoms with Gasteiger partial charge in [-0.3, -0.25) is 9.36 Å². The van der Waals surface area contributed by atoms with E-state index in [0.717, 1.165) is 5.69 Å². The van der Waals surface area contributed by atoms with Gasteiger partial charge in [0.15, 0.2) is 5.78 Å². The number of carbonyl (C=O) groups is 2. The average Bonchev–Trinajstić information content (AvgIpc) is 2.89. The fourth-order valence-corrected chi connectivity index (χ4v) is 3.70. The van der Waals surface area contributed by atoms with Crippen LogP contribution in [0.3, 0.4) is 0 Å². The summed E-state index contributed by atoms with van der Waals surface area (Å²) in [4.78, 5) is 28.9. The van der Waals surface area contributed by atoms with Gasteiger partial charge >= 0.3 is 13.7 Å². The van der Waals surface area contributed by atoms with Crippen LogP contribution in [0.5, 0.6) is 0 Å². The first kappa shape index (κ1) is 21.8. The van der Waals surface area contributed by atoms with Crippen LogP contribution in [0.15, 0.2) is 5.38 Å². The zero-order chi connectivity index (χ0) is 19.3. The zero-order valence-electron chi connectivity index (χ0n) is 15.3. The topological polar surface area (TPSA) is 104 Å². The third kappa shape index (κ3) is 7.64. The number of aryl methyl sites for hydroxylation is 1. The third-order valence-electron chi connectivity index (χ3n) is 3.03. The van der Waals surface area contributed by atoms with Crippen LogP contribution in [0.1, 0.15) is 31.5 Å². The number of ether oxygens (including phenoxy) is 1. The molecular weight excluding hydrogens is 367 g/mol. The fourth-order valence-electron chi connectivity index (χ4n) is 1.87. The standard InChI is InChI=1S/C15H25N2O6PS/c1-10-9-25-13(16-10)7-11(17-14(19)23-15(2,3)4)12(18)8-24(20,21-5)22-6/h9,11H,7-8H2,1-6H3,(H,17,19). The molecule has 0 saturated heterocycles. The van der Waals surface area contributed by atoms with Gasteiger partial charge in [0, 0.05) is 31.7 Å². The van der Waals surface area contributed by atoms with Gasteiger partial charge in [0.25, 0.3) is 0 Å². The number of nitrogens with zero attached hydrogens (tertiary/aromatic N) is 1. The molecule has 1 unspecified atom stereocenters. The Hall–Kier alpha value is -1.28. The summed E-state index contributed by atoms with van der Waals surface area (Å²) in [5.74, 6) is -0.481. The summed E-state index contributed by atoms with van der Waals surface area (Å²) >= 11 is 1.38. The van der Waals surface area contributed by atoms with E-state index in [1.54, 1.807) is 20.8 Å². The van der Waals surface area contributed by atoms with E-state index in [-0.39, 0.29) is 6.42 Å². The molecule has 142 valence electrons. The first-order valence-electron chi connectivity index (χ1n) is 7.62. The Labute approximate surface area is 151 Å². The molecule has 0 aromatic carbocycles. The van der Waals surface area contributed by atoms with Crippen molar-refractivity contribution in [1.82, 2.24) is 10.3 Å². The first-order valence-corrected chi connectivity index (χ1v) is 10.2. The number of rotatable bonds is 8. The lowest BCUT2D eigenvalue weighted by atomic mass is 10.1. The number of Topliss-reactive ketones (excluding diaryl/α,β-unsaturated/α-hetero) is 1. The Morgan fingerprint density at radius 2 is 1.92 bits per heavy atom. The maximum atomic E-state index is 12.6. The Balaban J connectivity index is 2.91. The van der Waals surface area contributed by atoms with Crippen LogP contribution < -0.4 is 5.32 Å². The highest BCUT2D eigenvalue weighted by Gasteiger charge is 2.32. The van der Waals surface area contributed by atoms with Crippen LogP contribution in [0.25, 0.3) is 0 Å². The number of ketones is 1. The SMILES string of the molecule is COP(=O)(CC(=O)C(Cc1nc(C)cs1)NC(=O)OC(C)(C)C)OC. The van der Waals surface area contributed by atoms with Gasteiger partial charge < -0.3 is 19.1 Å². The fraction of sp³-hybridized carbons (Fsp3) is 0.667. The zero-order valence-corrected chi connectivity index (χ0v) is 17.0. The molecule has 1 aromatic rings. The number of amides is 1. The van der Waals surface area contributed by atoms with E-state index in [2.05, 4.69) is 10.3 Å². The molecule has 0 aliphatic rings. The quantitative estimate of drug-likeness (QED) is 0.678. The Morgan fingerprint density at radius 1 is 1.32 bits per heavy atom. The van der Waals surface area contributed by atoms with Gasteiger partial charge in [0.1, 0.15) is 11.8 Å². The van der Waals surface area contributed by atoms with Crippen LogP contribution >= 0.6 is 18.9 Å². The number of alkyl carbamates (subject to hydrolysis) is 1. The molecule has 0 saturated carbocycles. The Kier molecular flexibility index (Phi) is 7.74. The van der Waals surface area contributed by atoms with E-state index in [0.29, 0.717) is 5.01 Å². The Bertz CT molecular complexity index is 647. The van der Waals surface area contributed by atoms with Crippen LogP contribution in [0, 0.1) is 6.92 Å². The normalized spacial score (nSPS) is 13.4. The number of carbonyl (C=O) groups excluding carboxylic acids is 2. The minimum Gasteiger partial charge on any atom is -0.444 e. The summed E-state index contributed by atoms with van der Waals surface area (Å²) in [6.45, 7) is 7.00. The van der Waals surface area contributed by atoms with Gasteiger partial charge in [0.05, 0.1) is 11.0 Å². The molecule has 1 N–H and O–H groups in total. The van der Waals surface area contributed by atoms with E-state index in [1.807, 2.05) is 12.3 Å². The summed E-state index contributed by atoms with van der Waals surface area (Å²) in [6.07, 6.45) is -1.02. The van der Waals surface area contributed by atoms with Crippen LogP contribution in [-0.4, -0.2) is 48.9 Å². The number of hydrogen-bond donors (Lipinski definition) is 1. The molecule has 0 bridgehead atoms. The first-order chi connectivity index (χ1) is 11.5. The predicted molar refractivity (Wildman–Crippen MR) is 95.2 cm³/mol. The highest BCUT2D eigenvalue weighted by atomic mass is 32.1. The largest absolute Gasteiger partial charge is 0.444 e. The molecule has 25 heavy (non-hydrogen) atoms. The van der Waals surface area contributed by atoms with Crippen molar-refractivity contribution >= 4 is 30.8 Å². The number of nitrogens with one attached hydrogen (secondary N) is 1. The highest BCUT2D eigenvalue weighted by Crippen LogP contribution is 2.46. The summed E-state index contributed by atoms with van der Waals surface area (Å²) in [5, 5.41) is 5.05. The summed E-state index contributed by atoms with van der Waals surface area (Å²) in [7, 11) is -1.12. The van der Waals surface area contributed by atoms with Crippen molar-refractivity contribution in [2.45, 2.75) is 45.8 Å². The van der Waals surface area contributed by atoms with Crippen molar-refractivity contribution in [2.24, 2.45) is 0 Å². The molecule has 0 spiro atoms. The molecule has 1 amide bonds. The highest BCUT2D eigenvalue weighted by molar-refractivity contribution is 7.54. The van der Waals surface area contributed by atoms with E-state index in [9.17, 15) is 14.2 Å². The minimum absolute atomic E-state index is 0.171. The van der Waals surface area contributed by atoms with Crippen molar-refractivity contribution in [3.63, 3.8) is 0 Å². The van der Waals surface area contributed by atoms with Gasteiger partial charge in [-0.1, -0.05) is 0 Å². The average molecular weight is 392 g/mol. The van der Waals surface area contributed by atoms with Gasteiger partial charge in [-0.25, -0.2) is 9.78 Å². The van der Waals surface area contributed by atoms with Crippen molar-refractivity contribution in [3.8, 4) is 0 Å². The number of thiazole rings is 1. The van der Waals surface area contributed by atoms with Gasteiger partial charge in [0.2, 0.25) is 0 Å². The van der Waals surface area contributed by atoms with Crippen molar-refractivity contribution < 1.29 is 27.9 Å². The van der Waals surface area contributed by atoms with Crippen LogP contribution in [0.2, 0.25) is 0 Å². The summed E-state index contributed by atoms with van der Waals surface area (Å²) in [6, 6.07) is -0.945. The van der Waals surface area contributed by atoms with E-state index in [1.165, 1.54) is 25.6 Å². The van der Waals surface area contributed by atoms with Crippen molar-refractivity contribution in [3.05, 3.63) is 16.1 Å². The van der Waals surface area contributed by atoms with Crippen LogP contribution in [0.4, 0.5) is 4.79 Å². The van der Waals surface area contributed by atoms with E-state index >= 15 is 0 Å². The monoisotopic (exact) mass is 392 g/mol. The number of hydrogen-bond acceptors (Lipinski definition) is 8. The van der Waals surface area contributed by atoms with Crippen molar-refractivity contribution in [1.29, 1.82) is 0 Å². The third-order valence-corrected chi connectivity index (χ3v) is 5.83. The predicted octanol–water partition coefficient (Wildman–Crippen LogP) is 2.94. The van der Waals surface area contributed by atoms with Gasteiger partial charge in [-0.15, -0.1) is 11.3 Å². The molecule has 1 aromatic heterocycles. The van der Waals surface area contributed by atoms with Gasteiger partial charge in [-0.05, 0) is 27.7 Å². The second-order valence-corrected chi connectivity index (χ2v) is 9.60. The van der Waals surface area contributed by atoms with Crippen molar-refractivity contribution in [2.75, 3.05) is 20.4 Å². The molecule has 0 aliphatic carbocycles. The molecule has 8 nitrogen and oxygen atoms in total. The maximum Gasteiger partial charge on any atom is 0.408 e. The van der Waals surface area contributed by atoms with Gasteiger partial charge in [-0.2, -0.15) is 0 Å². The van der Waals surface area contributed by atoms with E-state index < -0.39 is 37.3 Å². The Morgan fingerprint density at radius 3 is 2.36 bits per heavy atom. The molecule has 0 aliphatic heterocycles. The maximum absolute atomic E-state index is 12.6.